The molecule has 2 heteroatoms. The van der Waals surface area contributed by atoms with Crippen LogP contribution in [0.2, 0.25) is 0 Å². The lowest BCUT2D eigenvalue weighted by Crippen LogP contribution is -2.10. The maximum atomic E-state index is 9.34. The Morgan fingerprint density at radius 2 is 2.06 bits per heavy atom. The van der Waals surface area contributed by atoms with Crippen LogP contribution in [0.4, 0.5) is 0 Å². The number of hydrogen-bond acceptors (Lipinski definition) is 2. The molecular weight excluding hydrogens is 200 g/mol. The average molecular weight is 222 g/mol. The first-order valence-corrected chi connectivity index (χ1v) is 6.04. The molecule has 0 aliphatic heterocycles. The van der Waals surface area contributed by atoms with Crippen LogP contribution in [0.3, 0.4) is 0 Å². The molecule has 0 aliphatic rings. The summed E-state index contributed by atoms with van der Waals surface area (Å²) >= 11 is 0. The standard InChI is InChI=1S/C14H22O2/c1-3-4-7-12(11-15)10-13-8-5-6-9-14(13)16-2/h5-6,8-9,12,15H,3-4,7,10-11H2,1-2H3. The summed E-state index contributed by atoms with van der Waals surface area (Å²) in [4.78, 5) is 0. The van der Waals surface area contributed by atoms with Crippen molar-refractivity contribution < 1.29 is 9.84 Å². The van der Waals surface area contributed by atoms with Crippen LogP contribution in [0.1, 0.15) is 31.7 Å². The third kappa shape index (κ3) is 3.86. The summed E-state index contributed by atoms with van der Waals surface area (Å²) in [6.07, 6.45) is 4.36. The number of hydrogen-bond donors (Lipinski definition) is 1. The van der Waals surface area contributed by atoms with Crippen molar-refractivity contribution in [2.45, 2.75) is 32.6 Å². The van der Waals surface area contributed by atoms with E-state index in [2.05, 4.69) is 13.0 Å². The summed E-state index contributed by atoms with van der Waals surface area (Å²) in [6, 6.07) is 8.05. The van der Waals surface area contributed by atoms with Gasteiger partial charge in [-0.15, -0.1) is 0 Å². The van der Waals surface area contributed by atoms with Crippen LogP contribution < -0.4 is 4.74 Å². The van der Waals surface area contributed by atoms with Crippen molar-refractivity contribution in [3.8, 4) is 5.75 Å². The van der Waals surface area contributed by atoms with E-state index in [0.29, 0.717) is 5.92 Å². The molecule has 1 aromatic rings. The highest BCUT2D eigenvalue weighted by atomic mass is 16.5. The maximum Gasteiger partial charge on any atom is 0.122 e. The highest BCUT2D eigenvalue weighted by Crippen LogP contribution is 2.23. The van der Waals surface area contributed by atoms with Crippen LogP contribution in [0, 0.1) is 5.92 Å². The van der Waals surface area contributed by atoms with Crippen molar-refractivity contribution in [1.82, 2.24) is 0 Å². The van der Waals surface area contributed by atoms with Crippen molar-refractivity contribution in [1.29, 1.82) is 0 Å². The van der Waals surface area contributed by atoms with Crippen LogP contribution in [0.5, 0.6) is 5.75 Å². The summed E-state index contributed by atoms with van der Waals surface area (Å²) in [6.45, 7) is 2.44. The van der Waals surface area contributed by atoms with E-state index in [4.69, 9.17) is 4.74 Å². The monoisotopic (exact) mass is 222 g/mol. The number of benzene rings is 1. The molecule has 0 amide bonds. The lowest BCUT2D eigenvalue weighted by atomic mass is 9.94. The molecule has 90 valence electrons. The molecular formula is C14H22O2. The fourth-order valence-electron chi connectivity index (χ4n) is 1.93. The molecule has 0 bridgehead atoms. The predicted octanol–water partition coefficient (Wildman–Crippen LogP) is 3.04. The minimum absolute atomic E-state index is 0.262. The second-order valence-corrected chi connectivity index (χ2v) is 4.21. The zero-order valence-corrected chi connectivity index (χ0v) is 10.3. The van der Waals surface area contributed by atoms with Gasteiger partial charge in [0.1, 0.15) is 5.75 Å². The zero-order chi connectivity index (χ0) is 11.8. The Morgan fingerprint density at radius 3 is 2.69 bits per heavy atom. The van der Waals surface area contributed by atoms with E-state index in [-0.39, 0.29) is 6.61 Å². The van der Waals surface area contributed by atoms with Gasteiger partial charge < -0.3 is 9.84 Å². The maximum absolute atomic E-state index is 9.34. The number of ether oxygens (including phenoxy) is 1. The van der Waals surface area contributed by atoms with Gasteiger partial charge in [-0.2, -0.15) is 0 Å². The predicted molar refractivity (Wildman–Crippen MR) is 66.8 cm³/mol. The lowest BCUT2D eigenvalue weighted by molar-refractivity contribution is 0.214. The first-order chi connectivity index (χ1) is 7.81. The number of methoxy groups -OCH3 is 1. The van der Waals surface area contributed by atoms with Crippen molar-refractivity contribution in [2.24, 2.45) is 5.92 Å². The quantitative estimate of drug-likeness (QED) is 0.768. The van der Waals surface area contributed by atoms with Gasteiger partial charge in [0, 0.05) is 6.61 Å². The first-order valence-electron chi connectivity index (χ1n) is 6.04. The number of unbranched alkanes of at least 4 members (excludes halogenated alkanes) is 1. The van der Waals surface area contributed by atoms with Gasteiger partial charge >= 0.3 is 0 Å². The molecule has 0 aliphatic carbocycles. The summed E-state index contributed by atoms with van der Waals surface area (Å²) < 4.78 is 5.31. The molecule has 0 heterocycles. The number of aliphatic hydroxyl groups is 1. The fourth-order valence-corrected chi connectivity index (χ4v) is 1.93. The van der Waals surface area contributed by atoms with E-state index < -0.39 is 0 Å². The van der Waals surface area contributed by atoms with Gasteiger partial charge in [-0.3, -0.25) is 0 Å². The van der Waals surface area contributed by atoms with Crippen molar-refractivity contribution in [3.63, 3.8) is 0 Å². The average Bonchev–Trinajstić information content (AvgIpc) is 2.34. The van der Waals surface area contributed by atoms with Crippen molar-refractivity contribution in [2.75, 3.05) is 13.7 Å². The van der Waals surface area contributed by atoms with Gasteiger partial charge in [0.05, 0.1) is 7.11 Å². The van der Waals surface area contributed by atoms with Gasteiger partial charge in [-0.25, -0.2) is 0 Å². The lowest BCUT2D eigenvalue weighted by Gasteiger charge is -2.15. The Balaban J connectivity index is 2.62. The molecule has 0 saturated heterocycles. The van der Waals surface area contributed by atoms with Crippen LogP contribution in [-0.4, -0.2) is 18.8 Å². The van der Waals surface area contributed by atoms with E-state index in [0.717, 1.165) is 18.6 Å². The van der Waals surface area contributed by atoms with Gasteiger partial charge in [-0.05, 0) is 30.4 Å². The SMILES string of the molecule is CCCCC(CO)Cc1ccccc1OC. The molecule has 0 fully saturated rings. The molecule has 0 radical (unpaired) electrons. The summed E-state index contributed by atoms with van der Waals surface area (Å²) in [7, 11) is 1.69. The molecule has 0 aromatic heterocycles. The topological polar surface area (TPSA) is 29.5 Å². The second-order valence-electron chi connectivity index (χ2n) is 4.21. The Labute approximate surface area is 98.3 Å². The smallest absolute Gasteiger partial charge is 0.122 e. The molecule has 1 unspecified atom stereocenters. The van der Waals surface area contributed by atoms with Gasteiger partial charge in [0.2, 0.25) is 0 Å². The zero-order valence-electron chi connectivity index (χ0n) is 10.3. The second kappa shape index (κ2) is 7.29. The van der Waals surface area contributed by atoms with E-state index in [1.54, 1.807) is 7.11 Å². The van der Waals surface area contributed by atoms with Crippen LogP contribution >= 0.6 is 0 Å². The third-order valence-electron chi connectivity index (χ3n) is 2.93. The van der Waals surface area contributed by atoms with Crippen molar-refractivity contribution in [3.05, 3.63) is 29.8 Å². The molecule has 1 N–H and O–H groups in total. The first kappa shape index (κ1) is 13.0. The molecule has 1 aromatic carbocycles. The number of aliphatic hydroxyl groups excluding tert-OH is 1. The van der Waals surface area contributed by atoms with Crippen molar-refractivity contribution >= 4 is 0 Å². The fraction of sp³-hybridized carbons (Fsp3) is 0.571. The summed E-state index contributed by atoms with van der Waals surface area (Å²) in [5.41, 5.74) is 1.19. The summed E-state index contributed by atoms with van der Waals surface area (Å²) in [5.74, 6) is 1.29. The Kier molecular flexibility index (Phi) is 5.94. The Bertz CT molecular complexity index is 297. The molecule has 1 rings (SSSR count). The molecule has 0 saturated carbocycles. The molecule has 1 atom stereocenters. The normalized spacial score (nSPS) is 12.4. The minimum atomic E-state index is 0.262. The Morgan fingerprint density at radius 1 is 1.31 bits per heavy atom. The third-order valence-corrected chi connectivity index (χ3v) is 2.93. The number of rotatable bonds is 7. The molecule has 16 heavy (non-hydrogen) atoms. The van der Waals surface area contributed by atoms with E-state index in [1.807, 2.05) is 18.2 Å². The largest absolute Gasteiger partial charge is 0.496 e. The Hall–Kier alpha value is -1.02. The van der Waals surface area contributed by atoms with E-state index in [1.165, 1.54) is 18.4 Å². The minimum Gasteiger partial charge on any atom is -0.496 e. The molecule has 0 spiro atoms. The number of para-hydroxylation sites is 1. The van der Waals surface area contributed by atoms with E-state index in [9.17, 15) is 5.11 Å². The van der Waals surface area contributed by atoms with Gasteiger partial charge in [0.25, 0.3) is 0 Å². The van der Waals surface area contributed by atoms with Gasteiger partial charge in [0.15, 0.2) is 0 Å². The van der Waals surface area contributed by atoms with Crippen LogP contribution in [-0.2, 0) is 6.42 Å². The van der Waals surface area contributed by atoms with E-state index >= 15 is 0 Å². The highest BCUT2D eigenvalue weighted by Gasteiger charge is 2.10. The van der Waals surface area contributed by atoms with Crippen LogP contribution in [0.25, 0.3) is 0 Å². The summed E-state index contributed by atoms with van der Waals surface area (Å²) in [5, 5.41) is 9.34. The van der Waals surface area contributed by atoms with Gasteiger partial charge in [-0.1, -0.05) is 38.0 Å². The van der Waals surface area contributed by atoms with Crippen LogP contribution in [0.15, 0.2) is 24.3 Å². The molecule has 2 nitrogen and oxygen atoms in total. The highest BCUT2D eigenvalue weighted by molar-refractivity contribution is 5.33.